The Balaban J connectivity index is 0.00000242. The molecule has 0 radical (unpaired) electrons. The number of hydrogen-bond acceptors (Lipinski definition) is 3. The Morgan fingerprint density at radius 1 is 1.27 bits per heavy atom. The fourth-order valence-corrected chi connectivity index (χ4v) is 1.92. The molecule has 1 aliphatic rings. The number of carbonyl (C=O) groups excluding carboxylic acids is 1. The molecule has 0 aromatic heterocycles. The van der Waals surface area contributed by atoms with Gasteiger partial charge in [-0.15, -0.1) is 12.4 Å². The number of ether oxygens (including phenoxy) is 1. The molecule has 1 aromatic carbocycles. The van der Waals surface area contributed by atoms with Crippen LogP contribution in [0.25, 0.3) is 0 Å². The number of piperazine rings is 1. The normalized spacial score (nSPS) is 15.2. The lowest BCUT2D eigenvalue weighted by atomic mass is 10.1. The van der Waals surface area contributed by atoms with Crippen LogP contribution in [-0.4, -0.2) is 37.2 Å². The SMILES string of the molecule is Cl.O=C(OCc1ccc(C(F)(F)F)cc1F)N1CCNCC1. The topological polar surface area (TPSA) is 41.6 Å². The van der Waals surface area contributed by atoms with Gasteiger partial charge in [-0.3, -0.25) is 0 Å². The molecule has 1 fully saturated rings. The lowest BCUT2D eigenvalue weighted by molar-refractivity contribution is -0.137. The minimum absolute atomic E-state index is 0. The van der Waals surface area contributed by atoms with Crippen LogP contribution in [0.2, 0.25) is 0 Å². The standard InChI is InChI=1S/C13H14F4N2O2.ClH/c14-11-7-10(13(15,16)17)2-1-9(11)8-21-12(20)19-5-3-18-4-6-19;/h1-2,7,18H,3-6,8H2;1H. The third-order valence-electron chi connectivity index (χ3n) is 3.11. The lowest BCUT2D eigenvalue weighted by Gasteiger charge is -2.26. The lowest BCUT2D eigenvalue weighted by Crippen LogP contribution is -2.46. The summed E-state index contributed by atoms with van der Waals surface area (Å²) in [6.45, 7) is 1.85. The first-order valence-corrected chi connectivity index (χ1v) is 6.36. The summed E-state index contributed by atoms with van der Waals surface area (Å²) in [7, 11) is 0. The number of carbonyl (C=O) groups is 1. The fourth-order valence-electron chi connectivity index (χ4n) is 1.92. The average Bonchev–Trinajstić information content (AvgIpc) is 2.45. The number of hydrogen-bond donors (Lipinski definition) is 1. The number of nitrogens with one attached hydrogen (secondary N) is 1. The minimum atomic E-state index is -4.60. The highest BCUT2D eigenvalue weighted by atomic mass is 35.5. The van der Waals surface area contributed by atoms with Crippen molar-refractivity contribution in [2.45, 2.75) is 12.8 Å². The first-order valence-electron chi connectivity index (χ1n) is 6.36. The summed E-state index contributed by atoms with van der Waals surface area (Å²) in [5, 5.41) is 3.06. The minimum Gasteiger partial charge on any atom is -0.444 e. The van der Waals surface area contributed by atoms with Crippen LogP contribution in [0.15, 0.2) is 18.2 Å². The van der Waals surface area contributed by atoms with E-state index in [2.05, 4.69) is 5.32 Å². The van der Waals surface area contributed by atoms with E-state index in [-0.39, 0.29) is 18.0 Å². The van der Waals surface area contributed by atoms with Gasteiger partial charge in [0.15, 0.2) is 0 Å². The number of halogens is 5. The number of nitrogens with zero attached hydrogens (tertiary/aromatic N) is 1. The molecular formula is C13H15ClF4N2O2. The maximum absolute atomic E-state index is 13.6. The Bertz CT molecular complexity index is 519. The third-order valence-corrected chi connectivity index (χ3v) is 3.11. The predicted octanol–water partition coefficient (Wildman–Crippen LogP) is 2.81. The van der Waals surface area contributed by atoms with E-state index in [1.54, 1.807) is 0 Å². The molecule has 22 heavy (non-hydrogen) atoms. The summed E-state index contributed by atoms with van der Waals surface area (Å²) < 4.78 is 55.6. The highest BCUT2D eigenvalue weighted by molar-refractivity contribution is 5.85. The molecule has 0 unspecified atom stereocenters. The second kappa shape index (κ2) is 7.64. The zero-order chi connectivity index (χ0) is 15.5. The van der Waals surface area contributed by atoms with E-state index in [0.29, 0.717) is 32.2 Å². The van der Waals surface area contributed by atoms with Crippen molar-refractivity contribution in [2.75, 3.05) is 26.2 Å². The van der Waals surface area contributed by atoms with Crippen LogP contribution < -0.4 is 5.32 Å². The maximum Gasteiger partial charge on any atom is 0.416 e. The molecule has 0 aliphatic carbocycles. The number of amides is 1. The van der Waals surface area contributed by atoms with Crippen molar-refractivity contribution in [3.8, 4) is 0 Å². The molecule has 0 atom stereocenters. The van der Waals surface area contributed by atoms with Crippen LogP contribution in [0.1, 0.15) is 11.1 Å². The monoisotopic (exact) mass is 342 g/mol. The number of alkyl halides is 3. The van der Waals surface area contributed by atoms with Crippen LogP contribution in [0.3, 0.4) is 0 Å². The van der Waals surface area contributed by atoms with Gasteiger partial charge in [-0.1, -0.05) is 6.07 Å². The van der Waals surface area contributed by atoms with Gasteiger partial charge < -0.3 is 15.0 Å². The summed E-state index contributed by atoms with van der Waals surface area (Å²) in [5.41, 5.74) is -1.16. The zero-order valence-corrected chi connectivity index (χ0v) is 12.3. The van der Waals surface area contributed by atoms with Crippen molar-refractivity contribution in [1.82, 2.24) is 10.2 Å². The molecule has 1 aliphatic heterocycles. The van der Waals surface area contributed by atoms with Gasteiger partial charge in [-0.2, -0.15) is 13.2 Å². The molecule has 9 heteroatoms. The van der Waals surface area contributed by atoms with Crippen molar-refractivity contribution >= 4 is 18.5 Å². The molecule has 0 spiro atoms. The van der Waals surface area contributed by atoms with Gasteiger partial charge >= 0.3 is 12.3 Å². The summed E-state index contributed by atoms with van der Waals surface area (Å²) in [4.78, 5) is 13.1. The van der Waals surface area contributed by atoms with Crippen LogP contribution >= 0.6 is 12.4 Å². The highest BCUT2D eigenvalue weighted by Gasteiger charge is 2.31. The van der Waals surface area contributed by atoms with E-state index in [9.17, 15) is 22.4 Å². The Hall–Kier alpha value is -1.54. The molecule has 1 heterocycles. The molecule has 124 valence electrons. The molecule has 4 nitrogen and oxygen atoms in total. The van der Waals surface area contributed by atoms with Gasteiger partial charge in [0, 0.05) is 31.7 Å². The van der Waals surface area contributed by atoms with Gasteiger partial charge in [0.2, 0.25) is 0 Å². The second-order valence-electron chi connectivity index (χ2n) is 4.60. The Labute approximate surface area is 130 Å². The van der Waals surface area contributed by atoms with Crippen LogP contribution in [-0.2, 0) is 17.5 Å². The largest absolute Gasteiger partial charge is 0.444 e. The maximum atomic E-state index is 13.6. The third kappa shape index (κ3) is 4.74. The number of benzene rings is 1. The Morgan fingerprint density at radius 3 is 2.45 bits per heavy atom. The molecule has 0 saturated carbocycles. The molecule has 1 aromatic rings. The summed E-state index contributed by atoms with van der Waals surface area (Å²) in [6, 6.07) is 2.13. The van der Waals surface area contributed by atoms with E-state index >= 15 is 0 Å². The zero-order valence-electron chi connectivity index (χ0n) is 11.5. The van der Waals surface area contributed by atoms with Crippen molar-refractivity contribution in [1.29, 1.82) is 0 Å². The smallest absolute Gasteiger partial charge is 0.416 e. The average molecular weight is 343 g/mol. The van der Waals surface area contributed by atoms with Crippen LogP contribution in [0.5, 0.6) is 0 Å². The Morgan fingerprint density at radius 2 is 1.91 bits per heavy atom. The molecule has 1 saturated heterocycles. The highest BCUT2D eigenvalue weighted by Crippen LogP contribution is 2.30. The van der Waals surface area contributed by atoms with E-state index < -0.39 is 30.3 Å². The first-order chi connectivity index (χ1) is 9.88. The molecule has 2 rings (SSSR count). The summed E-state index contributed by atoms with van der Waals surface area (Å²) in [5.74, 6) is -1.04. The predicted molar refractivity (Wildman–Crippen MR) is 73.3 cm³/mol. The first kappa shape index (κ1) is 18.5. The van der Waals surface area contributed by atoms with Crippen molar-refractivity contribution in [3.05, 3.63) is 35.1 Å². The van der Waals surface area contributed by atoms with Crippen LogP contribution in [0, 0.1) is 5.82 Å². The van der Waals surface area contributed by atoms with Gasteiger partial charge in [0.05, 0.1) is 5.56 Å². The number of rotatable bonds is 2. The van der Waals surface area contributed by atoms with Crippen molar-refractivity contribution < 1.29 is 27.1 Å². The molecule has 1 N–H and O–H groups in total. The fraction of sp³-hybridized carbons (Fsp3) is 0.462. The van der Waals surface area contributed by atoms with Crippen molar-refractivity contribution in [3.63, 3.8) is 0 Å². The van der Waals surface area contributed by atoms with Gasteiger partial charge in [0.1, 0.15) is 12.4 Å². The molecular weight excluding hydrogens is 328 g/mol. The Kier molecular flexibility index (Phi) is 6.43. The van der Waals surface area contributed by atoms with E-state index in [1.807, 2.05) is 0 Å². The van der Waals surface area contributed by atoms with Gasteiger partial charge in [0.25, 0.3) is 0 Å². The summed E-state index contributed by atoms with van der Waals surface area (Å²) in [6.07, 6.45) is -5.20. The quantitative estimate of drug-likeness (QED) is 0.840. The second-order valence-corrected chi connectivity index (χ2v) is 4.60. The van der Waals surface area contributed by atoms with Crippen LogP contribution in [0.4, 0.5) is 22.4 Å². The van der Waals surface area contributed by atoms with Gasteiger partial charge in [-0.05, 0) is 12.1 Å². The van der Waals surface area contributed by atoms with Crippen molar-refractivity contribution in [2.24, 2.45) is 0 Å². The van der Waals surface area contributed by atoms with E-state index in [4.69, 9.17) is 4.74 Å². The van der Waals surface area contributed by atoms with E-state index in [1.165, 1.54) is 4.90 Å². The van der Waals surface area contributed by atoms with E-state index in [0.717, 1.165) is 12.1 Å². The summed E-state index contributed by atoms with van der Waals surface area (Å²) >= 11 is 0. The molecule has 1 amide bonds. The van der Waals surface area contributed by atoms with Gasteiger partial charge in [-0.25, -0.2) is 9.18 Å². The molecule has 0 bridgehead atoms.